The minimum atomic E-state index is 0.641. The van der Waals surface area contributed by atoms with E-state index in [0.29, 0.717) is 12.4 Å². The van der Waals surface area contributed by atoms with Crippen LogP contribution in [0.15, 0.2) is 11.6 Å². The van der Waals surface area contributed by atoms with Gasteiger partial charge in [0.2, 0.25) is 5.88 Å². The van der Waals surface area contributed by atoms with Crippen molar-refractivity contribution in [3.8, 4) is 5.88 Å². The maximum atomic E-state index is 5.33. The van der Waals surface area contributed by atoms with Gasteiger partial charge in [0.25, 0.3) is 0 Å². The lowest BCUT2D eigenvalue weighted by Gasteiger charge is -2.07. The first-order valence-electron chi connectivity index (χ1n) is 5.94. The van der Waals surface area contributed by atoms with Crippen LogP contribution in [-0.4, -0.2) is 26.7 Å². The fraction of sp³-hybridized carbons (Fsp3) is 0.333. The molecule has 2 N–H and O–H groups in total. The number of aromatic amines is 1. The molecule has 19 heavy (non-hydrogen) atoms. The molecule has 0 aliphatic heterocycles. The number of thiazole rings is 1. The predicted molar refractivity (Wildman–Crippen MR) is 75.0 cm³/mol. The first kappa shape index (κ1) is 12.0. The second kappa shape index (κ2) is 4.58. The third-order valence-electron chi connectivity index (χ3n) is 3.08. The van der Waals surface area contributed by atoms with Crippen LogP contribution in [0, 0.1) is 13.8 Å². The normalized spacial score (nSPS) is 11.1. The summed E-state index contributed by atoms with van der Waals surface area (Å²) >= 11 is 1.59. The first-order chi connectivity index (χ1) is 9.20. The van der Waals surface area contributed by atoms with Gasteiger partial charge in [-0.05, 0) is 13.8 Å². The van der Waals surface area contributed by atoms with Crippen LogP contribution in [0.25, 0.3) is 4.96 Å². The monoisotopic (exact) mass is 277 g/mol. The molecule has 0 spiro atoms. The van der Waals surface area contributed by atoms with Crippen LogP contribution in [-0.2, 0) is 6.54 Å². The molecule has 0 aliphatic rings. The molecular formula is C12H15N5OS. The van der Waals surface area contributed by atoms with Crippen molar-refractivity contribution in [3.63, 3.8) is 0 Å². The smallest absolute Gasteiger partial charge is 0.238 e. The van der Waals surface area contributed by atoms with Crippen molar-refractivity contribution in [2.75, 3.05) is 12.4 Å². The number of ether oxygens (including phenoxy) is 1. The molecular weight excluding hydrogens is 262 g/mol. The number of nitrogens with one attached hydrogen (secondary N) is 2. The van der Waals surface area contributed by atoms with Gasteiger partial charge in [-0.2, -0.15) is 10.1 Å². The van der Waals surface area contributed by atoms with E-state index < -0.39 is 0 Å². The number of methoxy groups -OCH3 is 1. The number of anilines is 1. The highest BCUT2D eigenvalue weighted by atomic mass is 32.1. The Bertz CT molecular complexity index is 691. The number of nitrogens with zero attached hydrogens (tertiary/aromatic N) is 3. The Kier molecular flexibility index (Phi) is 2.90. The summed E-state index contributed by atoms with van der Waals surface area (Å²) in [4.78, 5) is 5.37. The van der Waals surface area contributed by atoms with Gasteiger partial charge < -0.3 is 10.1 Å². The molecule has 0 radical (unpaired) electrons. The first-order valence-corrected chi connectivity index (χ1v) is 6.82. The highest BCUT2D eigenvalue weighted by Crippen LogP contribution is 2.25. The fourth-order valence-corrected chi connectivity index (χ4v) is 2.85. The second-order valence-corrected chi connectivity index (χ2v) is 5.16. The topological polar surface area (TPSA) is 67.2 Å². The summed E-state index contributed by atoms with van der Waals surface area (Å²) in [5, 5.41) is 12.5. The van der Waals surface area contributed by atoms with Gasteiger partial charge in [-0.15, -0.1) is 11.3 Å². The van der Waals surface area contributed by atoms with Crippen molar-refractivity contribution in [2.24, 2.45) is 0 Å². The van der Waals surface area contributed by atoms with Crippen molar-refractivity contribution in [2.45, 2.75) is 20.4 Å². The highest BCUT2D eigenvalue weighted by molar-refractivity contribution is 7.15. The number of aryl methyl sites for hydroxylation is 2. The fourth-order valence-electron chi connectivity index (χ4n) is 2.12. The van der Waals surface area contributed by atoms with Crippen molar-refractivity contribution in [3.05, 3.63) is 28.7 Å². The van der Waals surface area contributed by atoms with Crippen LogP contribution in [0.3, 0.4) is 0 Å². The average molecular weight is 277 g/mol. The molecule has 0 atom stereocenters. The summed E-state index contributed by atoms with van der Waals surface area (Å²) in [7, 11) is 1.64. The number of H-pyrrole nitrogens is 1. The van der Waals surface area contributed by atoms with Gasteiger partial charge in [-0.25, -0.2) is 0 Å². The molecule has 0 amide bonds. The third kappa shape index (κ3) is 1.95. The van der Waals surface area contributed by atoms with Gasteiger partial charge in [-0.1, -0.05) is 0 Å². The number of hydrogen-bond acceptors (Lipinski definition) is 5. The molecule has 0 saturated heterocycles. The Balaban J connectivity index is 1.91. The SMILES string of the molecule is COc1nc2sccn2c1CNc1c(C)n[nH]c1C. The lowest BCUT2D eigenvalue weighted by atomic mass is 10.3. The van der Waals surface area contributed by atoms with Crippen LogP contribution in [0.2, 0.25) is 0 Å². The van der Waals surface area contributed by atoms with Crippen LogP contribution in [0.5, 0.6) is 5.88 Å². The molecule has 0 fully saturated rings. The van der Waals surface area contributed by atoms with Crippen molar-refractivity contribution in [1.82, 2.24) is 19.6 Å². The predicted octanol–water partition coefficient (Wildman–Crippen LogP) is 2.36. The van der Waals surface area contributed by atoms with E-state index in [9.17, 15) is 0 Å². The number of fused-ring (bicyclic) bond motifs is 1. The zero-order chi connectivity index (χ0) is 13.4. The molecule has 0 aliphatic carbocycles. The van der Waals surface area contributed by atoms with E-state index in [2.05, 4.69) is 20.5 Å². The number of rotatable bonds is 4. The van der Waals surface area contributed by atoms with E-state index in [4.69, 9.17) is 4.74 Å². The van der Waals surface area contributed by atoms with Gasteiger partial charge >= 0.3 is 0 Å². The summed E-state index contributed by atoms with van der Waals surface area (Å²) in [6.45, 7) is 4.61. The average Bonchev–Trinajstić information content (AvgIpc) is 3.04. The van der Waals surface area contributed by atoms with Crippen molar-refractivity contribution < 1.29 is 4.74 Å². The minimum Gasteiger partial charge on any atom is -0.480 e. The highest BCUT2D eigenvalue weighted by Gasteiger charge is 2.14. The zero-order valence-electron chi connectivity index (χ0n) is 11.0. The Morgan fingerprint density at radius 2 is 2.32 bits per heavy atom. The number of hydrogen-bond donors (Lipinski definition) is 2. The maximum absolute atomic E-state index is 5.33. The van der Waals surface area contributed by atoms with E-state index in [-0.39, 0.29) is 0 Å². The molecule has 0 aromatic carbocycles. The molecule has 3 heterocycles. The van der Waals surface area contributed by atoms with E-state index >= 15 is 0 Å². The second-order valence-electron chi connectivity index (χ2n) is 4.29. The molecule has 0 bridgehead atoms. The van der Waals surface area contributed by atoms with E-state index in [1.54, 1.807) is 18.4 Å². The summed E-state index contributed by atoms with van der Waals surface area (Å²) in [5.41, 5.74) is 4.04. The standard InChI is InChI=1S/C12H15N5OS/c1-7-10(8(2)16-15-7)13-6-9-11(18-3)14-12-17(9)4-5-19-12/h4-5,13H,6H2,1-3H3,(H,15,16). The molecule has 0 saturated carbocycles. The molecule has 7 heteroatoms. The number of imidazole rings is 1. The largest absolute Gasteiger partial charge is 0.480 e. The molecule has 3 aromatic rings. The molecule has 3 rings (SSSR count). The van der Waals surface area contributed by atoms with Crippen LogP contribution in [0.1, 0.15) is 17.1 Å². The van der Waals surface area contributed by atoms with Gasteiger partial charge in [-0.3, -0.25) is 9.50 Å². The molecule has 100 valence electrons. The van der Waals surface area contributed by atoms with Crippen LogP contribution < -0.4 is 10.1 Å². The van der Waals surface area contributed by atoms with Gasteiger partial charge in [0.1, 0.15) is 5.69 Å². The Labute approximate surface area is 114 Å². The van der Waals surface area contributed by atoms with E-state index in [1.807, 2.05) is 29.8 Å². The zero-order valence-corrected chi connectivity index (χ0v) is 11.8. The Morgan fingerprint density at radius 3 is 3.00 bits per heavy atom. The van der Waals surface area contributed by atoms with Crippen molar-refractivity contribution in [1.29, 1.82) is 0 Å². The summed E-state index contributed by atoms with van der Waals surface area (Å²) in [5.74, 6) is 0.665. The van der Waals surface area contributed by atoms with Gasteiger partial charge in [0.15, 0.2) is 4.96 Å². The molecule has 3 aromatic heterocycles. The summed E-state index contributed by atoms with van der Waals surface area (Å²) in [6.07, 6.45) is 2.00. The Morgan fingerprint density at radius 1 is 1.47 bits per heavy atom. The lowest BCUT2D eigenvalue weighted by Crippen LogP contribution is -2.05. The Hall–Kier alpha value is -2.02. The quantitative estimate of drug-likeness (QED) is 0.768. The van der Waals surface area contributed by atoms with Crippen LogP contribution >= 0.6 is 11.3 Å². The van der Waals surface area contributed by atoms with E-state index in [0.717, 1.165) is 27.7 Å². The third-order valence-corrected chi connectivity index (χ3v) is 3.83. The van der Waals surface area contributed by atoms with Gasteiger partial charge in [0, 0.05) is 11.6 Å². The summed E-state index contributed by atoms with van der Waals surface area (Å²) < 4.78 is 7.37. The van der Waals surface area contributed by atoms with Crippen molar-refractivity contribution >= 4 is 22.0 Å². The summed E-state index contributed by atoms with van der Waals surface area (Å²) in [6, 6.07) is 0. The minimum absolute atomic E-state index is 0.641. The molecule has 0 unspecified atom stereocenters. The number of aromatic nitrogens is 4. The van der Waals surface area contributed by atoms with E-state index in [1.165, 1.54) is 0 Å². The van der Waals surface area contributed by atoms with Crippen LogP contribution in [0.4, 0.5) is 5.69 Å². The lowest BCUT2D eigenvalue weighted by molar-refractivity contribution is 0.395. The maximum Gasteiger partial charge on any atom is 0.238 e. The molecule has 6 nitrogen and oxygen atoms in total. The van der Waals surface area contributed by atoms with Gasteiger partial charge in [0.05, 0.1) is 30.7 Å².